The van der Waals surface area contributed by atoms with Crippen LogP contribution in [0.1, 0.15) is 5.56 Å². The monoisotopic (exact) mass is 384 g/mol. The predicted molar refractivity (Wildman–Crippen MR) is 128 cm³/mol. The van der Waals surface area contributed by atoms with Crippen molar-refractivity contribution in [3.8, 4) is 16.9 Å². The van der Waals surface area contributed by atoms with Crippen LogP contribution in [0.3, 0.4) is 0 Å². The van der Waals surface area contributed by atoms with E-state index in [4.69, 9.17) is 0 Å². The van der Waals surface area contributed by atoms with Crippen LogP contribution in [0, 0.1) is 6.92 Å². The highest BCUT2D eigenvalue weighted by Crippen LogP contribution is 2.43. The van der Waals surface area contributed by atoms with Gasteiger partial charge in [-0.25, -0.2) is 0 Å². The van der Waals surface area contributed by atoms with Gasteiger partial charge in [-0.05, 0) is 91.5 Å². The van der Waals surface area contributed by atoms with Gasteiger partial charge in [-0.1, -0.05) is 66.7 Å². The maximum absolute atomic E-state index is 11.2. The number of phenolic OH excluding ortho intramolecular Hbond substituents is 1. The molecule has 1 nitrogen and oxygen atoms in total. The van der Waals surface area contributed by atoms with Gasteiger partial charge in [0, 0.05) is 5.56 Å². The summed E-state index contributed by atoms with van der Waals surface area (Å²) >= 11 is 0. The fourth-order valence-corrected chi connectivity index (χ4v) is 4.68. The summed E-state index contributed by atoms with van der Waals surface area (Å²) in [6, 6.07) is 34.2. The first-order chi connectivity index (χ1) is 14.7. The lowest BCUT2D eigenvalue weighted by Gasteiger charge is -2.16. The van der Waals surface area contributed by atoms with Crippen molar-refractivity contribution < 1.29 is 5.11 Å². The van der Waals surface area contributed by atoms with Gasteiger partial charge >= 0.3 is 0 Å². The summed E-state index contributed by atoms with van der Waals surface area (Å²) in [4.78, 5) is 0. The molecule has 0 aromatic heterocycles. The van der Waals surface area contributed by atoms with Crippen molar-refractivity contribution >= 4 is 43.1 Å². The summed E-state index contributed by atoms with van der Waals surface area (Å²) in [6.07, 6.45) is 0. The van der Waals surface area contributed by atoms with Crippen molar-refractivity contribution in [3.05, 3.63) is 103 Å². The van der Waals surface area contributed by atoms with Crippen molar-refractivity contribution in [3.63, 3.8) is 0 Å². The Kier molecular flexibility index (Phi) is 3.60. The number of hydrogen-bond donors (Lipinski definition) is 1. The lowest BCUT2D eigenvalue weighted by molar-refractivity contribution is 0.474. The highest BCUT2D eigenvalue weighted by molar-refractivity contribution is 6.13. The Morgan fingerprint density at radius 1 is 0.500 bits per heavy atom. The van der Waals surface area contributed by atoms with E-state index in [1.165, 1.54) is 26.9 Å². The van der Waals surface area contributed by atoms with Gasteiger partial charge in [-0.2, -0.15) is 0 Å². The van der Waals surface area contributed by atoms with Crippen molar-refractivity contribution in [2.45, 2.75) is 6.92 Å². The fraction of sp³-hybridized carbons (Fsp3) is 0.0345. The largest absolute Gasteiger partial charge is 0.507 e. The number of aromatic hydroxyl groups is 1. The molecule has 0 aliphatic rings. The Morgan fingerprint density at radius 3 is 1.70 bits per heavy atom. The molecule has 30 heavy (non-hydrogen) atoms. The minimum atomic E-state index is 0.360. The van der Waals surface area contributed by atoms with Crippen LogP contribution in [-0.4, -0.2) is 5.11 Å². The minimum Gasteiger partial charge on any atom is -0.507 e. The number of aryl methyl sites for hydroxylation is 1. The summed E-state index contributed by atoms with van der Waals surface area (Å²) < 4.78 is 0. The quantitative estimate of drug-likeness (QED) is 0.285. The summed E-state index contributed by atoms with van der Waals surface area (Å²) in [5.41, 5.74) is 2.88. The van der Waals surface area contributed by atoms with Crippen molar-refractivity contribution in [1.29, 1.82) is 0 Å². The molecule has 0 aliphatic carbocycles. The van der Waals surface area contributed by atoms with E-state index in [1.54, 1.807) is 0 Å². The van der Waals surface area contributed by atoms with E-state index in [0.29, 0.717) is 5.75 Å². The lowest BCUT2D eigenvalue weighted by atomic mass is 9.89. The van der Waals surface area contributed by atoms with E-state index in [9.17, 15) is 5.11 Å². The highest BCUT2D eigenvalue weighted by atomic mass is 16.3. The van der Waals surface area contributed by atoms with Crippen LogP contribution in [0.25, 0.3) is 54.2 Å². The predicted octanol–water partition coefficient (Wildman–Crippen LogP) is 7.98. The summed E-state index contributed by atoms with van der Waals surface area (Å²) in [5.74, 6) is 0.360. The first kappa shape index (κ1) is 17.1. The van der Waals surface area contributed by atoms with Gasteiger partial charge in [-0.3, -0.25) is 0 Å². The highest BCUT2D eigenvalue weighted by Gasteiger charge is 2.16. The van der Waals surface area contributed by atoms with Crippen molar-refractivity contribution in [1.82, 2.24) is 0 Å². The van der Waals surface area contributed by atoms with E-state index >= 15 is 0 Å². The van der Waals surface area contributed by atoms with Gasteiger partial charge in [0.05, 0.1) is 0 Å². The molecule has 6 aromatic carbocycles. The van der Waals surface area contributed by atoms with E-state index < -0.39 is 0 Å². The second kappa shape index (κ2) is 6.33. The van der Waals surface area contributed by atoms with Crippen molar-refractivity contribution in [2.24, 2.45) is 0 Å². The third kappa shape index (κ3) is 2.49. The van der Waals surface area contributed by atoms with Gasteiger partial charge in [0.1, 0.15) is 5.75 Å². The normalized spacial score (nSPS) is 11.6. The SMILES string of the molecule is Cc1cc2cc3ccccc3cc2c(-c2cccc3cc4ccccc4cc23)c1O. The van der Waals surface area contributed by atoms with Crippen LogP contribution in [0.2, 0.25) is 0 Å². The van der Waals surface area contributed by atoms with E-state index in [1.807, 2.05) is 6.92 Å². The molecule has 0 bridgehead atoms. The molecule has 0 spiro atoms. The van der Waals surface area contributed by atoms with Gasteiger partial charge in [0.25, 0.3) is 0 Å². The Balaban J connectivity index is 1.78. The first-order valence-electron chi connectivity index (χ1n) is 10.3. The van der Waals surface area contributed by atoms with Crippen LogP contribution in [0.15, 0.2) is 97.1 Å². The molecular weight excluding hydrogens is 364 g/mol. The Hall–Kier alpha value is -3.84. The van der Waals surface area contributed by atoms with E-state index in [2.05, 4.69) is 97.1 Å². The molecule has 0 aliphatic heterocycles. The number of hydrogen-bond acceptors (Lipinski definition) is 1. The number of rotatable bonds is 1. The molecule has 0 amide bonds. The van der Waals surface area contributed by atoms with Crippen LogP contribution in [0.4, 0.5) is 0 Å². The smallest absolute Gasteiger partial charge is 0.126 e. The molecule has 1 N–H and O–H groups in total. The van der Waals surface area contributed by atoms with Crippen LogP contribution in [-0.2, 0) is 0 Å². The van der Waals surface area contributed by atoms with E-state index in [0.717, 1.165) is 32.8 Å². The van der Waals surface area contributed by atoms with Crippen molar-refractivity contribution in [2.75, 3.05) is 0 Å². The molecule has 0 atom stereocenters. The Morgan fingerprint density at radius 2 is 1.03 bits per heavy atom. The zero-order chi connectivity index (χ0) is 20.2. The molecule has 0 radical (unpaired) electrons. The topological polar surface area (TPSA) is 20.2 Å². The van der Waals surface area contributed by atoms with Gasteiger partial charge < -0.3 is 5.11 Å². The third-order valence-corrected chi connectivity index (χ3v) is 6.19. The first-order valence-corrected chi connectivity index (χ1v) is 10.3. The molecule has 6 aromatic rings. The van der Waals surface area contributed by atoms with Gasteiger partial charge in [0.2, 0.25) is 0 Å². The zero-order valence-electron chi connectivity index (χ0n) is 16.7. The maximum Gasteiger partial charge on any atom is 0.126 e. The maximum atomic E-state index is 11.2. The standard InChI is InChI=1S/C29H20O/c1-18-13-24-15-20-8-3-5-10-22(20)17-27(24)28(29(18)30)25-12-6-11-23-14-19-7-2-4-9-21(19)16-26(23)25/h2-17,30H,1H3. The van der Waals surface area contributed by atoms with Crippen LogP contribution >= 0.6 is 0 Å². The lowest BCUT2D eigenvalue weighted by Crippen LogP contribution is -1.89. The second-order valence-corrected chi connectivity index (χ2v) is 8.06. The van der Waals surface area contributed by atoms with Crippen LogP contribution in [0.5, 0.6) is 5.75 Å². The zero-order valence-corrected chi connectivity index (χ0v) is 16.7. The molecule has 142 valence electrons. The summed E-state index contributed by atoms with van der Waals surface area (Å²) in [6.45, 7) is 1.98. The third-order valence-electron chi connectivity index (χ3n) is 6.19. The number of benzene rings is 6. The van der Waals surface area contributed by atoms with Crippen LogP contribution < -0.4 is 0 Å². The molecule has 0 heterocycles. The average Bonchev–Trinajstić information content (AvgIpc) is 2.77. The second-order valence-electron chi connectivity index (χ2n) is 8.06. The molecule has 0 fully saturated rings. The minimum absolute atomic E-state index is 0.360. The Labute approximate surface area is 174 Å². The van der Waals surface area contributed by atoms with E-state index in [-0.39, 0.29) is 0 Å². The molecule has 6 rings (SSSR count). The Bertz CT molecular complexity index is 1610. The van der Waals surface area contributed by atoms with Gasteiger partial charge in [-0.15, -0.1) is 0 Å². The number of fused-ring (bicyclic) bond motifs is 4. The fourth-order valence-electron chi connectivity index (χ4n) is 4.68. The molecule has 0 unspecified atom stereocenters. The average molecular weight is 384 g/mol. The molecular formula is C29H20O. The van der Waals surface area contributed by atoms with Gasteiger partial charge in [0.15, 0.2) is 0 Å². The number of phenols is 1. The molecule has 0 saturated heterocycles. The molecule has 1 heteroatoms. The summed E-state index contributed by atoms with van der Waals surface area (Å²) in [5, 5.41) is 20.6. The summed E-state index contributed by atoms with van der Waals surface area (Å²) in [7, 11) is 0. The molecule has 0 saturated carbocycles.